The lowest BCUT2D eigenvalue weighted by atomic mass is 10.2. The number of hydrogen-bond acceptors (Lipinski definition) is 4. The van der Waals surface area contributed by atoms with Crippen LogP contribution in [0.2, 0.25) is 5.02 Å². The van der Waals surface area contributed by atoms with E-state index in [1.54, 1.807) is 6.08 Å². The smallest absolute Gasteiger partial charge is 0.136 e. The van der Waals surface area contributed by atoms with Crippen LogP contribution in [0.25, 0.3) is 0 Å². The molecule has 0 fully saturated rings. The van der Waals surface area contributed by atoms with E-state index in [0.29, 0.717) is 12.4 Å². The number of nitrogens with zero attached hydrogens (tertiary/aromatic N) is 2. The molecule has 2 rings (SSSR count). The van der Waals surface area contributed by atoms with Crippen molar-refractivity contribution < 1.29 is 0 Å². The molecule has 1 heterocycles. The number of halogens is 1. The lowest BCUT2D eigenvalue weighted by Gasteiger charge is -2.11. The first-order valence-electron chi connectivity index (χ1n) is 6.32. The van der Waals surface area contributed by atoms with Crippen molar-refractivity contribution in [1.82, 2.24) is 9.97 Å². The predicted molar refractivity (Wildman–Crippen MR) is 84.9 cm³/mol. The molecule has 5 heteroatoms. The van der Waals surface area contributed by atoms with Gasteiger partial charge in [-0.1, -0.05) is 17.7 Å². The van der Waals surface area contributed by atoms with Gasteiger partial charge in [0.2, 0.25) is 0 Å². The second-order valence-electron chi connectivity index (χ2n) is 4.44. The molecular formula is C15H17ClN4. The van der Waals surface area contributed by atoms with Crippen molar-refractivity contribution >= 4 is 28.9 Å². The molecule has 0 saturated heterocycles. The standard InChI is InChI=1S/C15H17ClN4/c1-4-7-17-14-9-15(19-11(3)18-14)20-13-6-5-12(16)8-10(13)2/h4-6,8-9H,1,7H2,2-3H3,(H2,17,18,19,20). The summed E-state index contributed by atoms with van der Waals surface area (Å²) in [7, 11) is 0. The summed E-state index contributed by atoms with van der Waals surface area (Å²) in [6, 6.07) is 7.56. The molecule has 0 spiro atoms. The van der Waals surface area contributed by atoms with Gasteiger partial charge in [0, 0.05) is 23.3 Å². The Bertz CT molecular complexity index is 625. The van der Waals surface area contributed by atoms with Crippen LogP contribution >= 0.6 is 11.6 Å². The van der Waals surface area contributed by atoms with Crippen molar-refractivity contribution in [1.29, 1.82) is 0 Å². The average molecular weight is 289 g/mol. The van der Waals surface area contributed by atoms with Gasteiger partial charge >= 0.3 is 0 Å². The van der Waals surface area contributed by atoms with E-state index < -0.39 is 0 Å². The van der Waals surface area contributed by atoms with Crippen LogP contribution in [0.15, 0.2) is 36.9 Å². The van der Waals surface area contributed by atoms with Crippen LogP contribution in [0.5, 0.6) is 0 Å². The Hall–Kier alpha value is -2.07. The largest absolute Gasteiger partial charge is 0.366 e. The van der Waals surface area contributed by atoms with Crippen molar-refractivity contribution in [3.05, 3.63) is 53.3 Å². The van der Waals surface area contributed by atoms with Crippen LogP contribution in [0.4, 0.5) is 17.3 Å². The Balaban J connectivity index is 2.23. The minimum Gasteiger partial charge on any atom is -0.366 e. The molecule has 0 radical (unpaired) electrons. The van der Waals surface area contributed by atoms with Crippen molar-refractivity contribution in [2.24, 2.45) is 0 Å². The minimum absolute atomic E-state index is 0.663. The summed E-state index contributed by atoms with van der Waals surface area (Å²) in [5.74, 6) is 2.22. The molecule has 0 bridgehead atoms. The third-order valence-corrected chi connectivity index (χ3v) is 2.95. The van der Waals surface area contributed by atoms with E-state index in [2.05, 4.69) is 27.2 Å². The minimum atomic E-state index is 0.663. The van der Waals surface area contributed by atoms with Crippen LogP contribution in [0.3, 0.4) is 0 Å². The van der Waals surface area contributed by atoms with Crippen LogP contribution in [0.1, 0.15) is 11.4 Å². The van der Waals surface area contributed by atoms with E-state index in [9.17, 15) is 0 Å². The maximum absolute atomic E-state index is 5.95. The molecule has 2 aromatic rings. The molecule has 20 heavy (non-hydrogen) atoms. The van der Waals surface area contributed by atoms with Crippen LogP contribution < -0.4 is 10.6 Å². The first-order chi connectivity index (χ1) is 9.58. The average Bonchev–Trinajstić information content (AvgIpc) is 2.39. The molecule has 0 aliphatic carbocycles. The van der Waals surface area contributed by atoms with Crippen LogP contribution in [0, 0.1) is 13.8 Å². The summed E-state index contributed by atoms with van der Waals surface area (Å²) in [6.07, 6.45) is 1.79. The fourth-order valence-corrected chi connectivity index (χ4v) is 2.03. The highest BCUT2D eigenvalue weighted by Crippen LogP contribution is 2.23. The second-order valence-corrected chi connectivity index (χ2v) is 4.88. The monoisotopic (exact) mass is 288 g/mol. The highest BCUT2D eigenvalue weighted by atomic mass is 35.5. The van der Waals surface area contributed by atoms with E-state index in [1.807, 2.05) is 38.1 Å². The van der Waals surface area contributed by atoms with Crippen molar-refractivity contribution in [2.45, 2.75) is 13.8 Å². The lowest BCUT2D eigenvalue weighted by molar-refractivity contribution is 1.05. The normalized spacial score (nSPS) is 10.2. The SMILES string of the molecule is C=CCNc1cc(Nc2ccc(Cl)cc2C)nc(C)n1. The second kappa shape index (κ2) is 6.39. The molecule has 0 saturated carbocycles. The molecule has 104 valence electrons. The quantitative estimate of drug-likeness (QED) is 0.814. The summed E-state index contributed by atoms with van der Waals surface area (Å²) in [5, 5.41) is 7.16. The van der Waals surface area contributed by atoms with Crippen molar-refractivity contribution in [3.63, 3.8) is 0 Å². The third-order valence-electron chi connectivity index (χ3n) is 2.72. The Labute approximate surface area is 123 Å². The zero-order chi connectivity index (χ0) is 14.5. The molecule has 2 N–H and O–H groups in total. The number of nitrogens with one attached hydrogen (secondary N) is 2. The number of rotatable bonds is 5. The van der Waals surface area contributed by atoms with Gasteiger partial charge in [0.1, 0.15) is 17.5 Å². The summed E-state index contributed by atoms with van der Waals surface area (Å²) >= 11 is 5.95. The molecule has 0 amide bonds. The highest BCUT2D eigenvalue weighted by molar-refractivity contribution is 6.30. The van der Waals surface area contributed by atoms with Gasteiger partial charge in [0.25, 0.3) is 0 Å². The Morgan fingerprint density at radius 3 is 2.65 bits per heavy atom. The number of hydrogen-bond donors (Lipinski definition) is 2. The van der Waals surface area contributed by atoms with Gasteiger partial charge in [-0.25, -0.2) is 9.97 Å². The zero-order valence-corrected chi connectivity index (χ0v) is 12.3. The topological polar surface area (TPSA) is 49.8 Å². The Morgan fingerprint density at radius 1 is 1.20 bits per heavy atom. The fraction of sp³-hybridized carbons (Fsp3) is 0.200. The summed E-state index contributed by atoms with van der Waals surface area (Å²) < 4.78 is 0. The number of benzene rings is 1. The lowest BCUT2D eigenvalue weighted by Crippen LogP contribution is -2.05. The van der Waals surface area contributed by atoms with Gasteiger partial charge in [-0.05, 0) is 37.6 Å². The van der Waals surface area contributed by atoms with Crippen LogP contribution in [-0.2, 0) is 0 Å². The van der Waals surface area contributed by atoms with Crippen LogP contribution in [-0.4, -0.2) is 16.5 Å². The summed E-state index contributed by atoms with van der Waals surface area (Å²) in [5.41, 5.74) is 2.04. The maximum Gasteiger partial charge on any atom is 0.136 e. The molecule has 1 aromatic carbocycles. The number of anilines is 3. The van der Waals surface area contributed by atoms with Gasteiger partial charge < -0.3 is 10.6 Å². The van der Waals surface area contributed by atoms with E-state index in [4.69, 9.17) is 11.6 Å². The van der Waals surface area contributed by atoms with E-state index in [-0.39, 0.29) is 0 Å². The third kappa shape index (κ3) is 3.71. The molecule has 1 aromatic heterocycles. The molecule has 0 aliphatic rings. The van der Waals surface area contributed by atoms with Gasteiger partial charge in [-0.2, -0.15) is 0 Å². The van der Waals surface area contributed by atoms with Gasteiger partial charge in [0.05, 0.1) is 0 Å². The molecule has 0 unspecified atom stereocenters. The first kappa shape index (κ1) is 14.3. The Morgan fingerprint density at radius 2 is 1.95 bits per heavy atom. The molecule has 0 aliphatic heterocycles. The van der Waals surface area contributed by atoms with Gasteiger partial charge in [0.15, 0.2) is 0 Å². The molecular weight excluding hydrogens is 272 g/mol. The van der Waals surface area contributed by atoms with E-state index >= 15 is 0 Å². The predicted octanol–water partition coefficient (Wildman–Crippen LogP) is 4.09. The zero-order valence-electron chi connectivity index (χ0n) is 11.6. The number of aromatic nitrogens is 2. The summed E-state index contributed by atoms with van der Waals surface area (Å²) in [6.45, 7) is 8.20. The van der Waals surface area contributed by atoms with E-state index in [1.165, 1.54) is 0 Å². The maximum atomic E-state index is 5.95. The van der Waals surface area contributed by atoms with Gasteiger partial charge in [-0.15, -0.1) is 6.58 Å². The highest BCUT2D eigenvalue weighted by Gasteiger charge is 2.04. The van der Waals surface area contributed by atoms with E-state index in [0.717, 1.165) is 27.9 Å². The summed E-state index contributed by atoms with van der Waals surface area (Å²) in [4.78, 5) is 8.70. The Kier molecular flexibility index (Phi) is 4.58. The molecule has 4 nitrogen and oxygen atoms in total. The van der Waals surface area contributed by atoms with Gasteiger partial charge in [-0.3, -0.25) is 0 Å². The molecule has 0 atom stereocenters. The fourth-order valence-electron chi connectivity index (χ4n) is 1.80. The number of aryl methyl sites for hydroxylation is 2. The first-order valence-corrected chi connectivity index (χ1v) is 6.70. The van der Waals surface area contributed by atoms with Crippen molar-refractivity contribution in [2.75, 3.05) is 17.2 Å². The van der Waals surface area contributed by atoms with Crippen molar-refractivity contribution in [3.8, 4) is 0 Å².